The molecule has 1 aliphatic rings. The molecule has 0 aliphatic carbocycles. The molecule has 0 unspecified atom stereocenters. The highest BCUT2D eigenvalue weighted by Gasteiger charge is 2.29. The molecule has 0 saturated carbocycles. The van der Waals surface area contributed by atoms with E-state index in [-0.39, 0.29) is 5.91 Å². The number of benzene rings is 1. The van der Waals surface area contributed by atoms with Crippen molar-refractivity contribution in [2.45, 2.75) is 13.5 Å². The number of aryl methyl sites for hydroxylation is 1. The molecule has 1 aliphatic heterocycles. The number of carbonyl (C=O) groups excluding carboxylic acids is 1. The maximum Gasteiger partial charge on any atom is 0.260 e. The van der Waals surface area contributed by atoms with Crippen molar-refractivity contribution in [3.8, 4) is 11.8 Å². The zero-order chi connectivity index (χ0) is 13.4. The lowest BCUT2D eigenvalue weighted by Crippen LogP contribution is -2.25. The van der Waals surface area contributed by atoms with Crippen LogP contribution in [0, 0.1) is 11.8 Å². The monoisotopic (exact) mass is 251 g/mol. The molecule has 1 aromatic carbocycles. The van der Waals surface area contributed by atoms with Crippen LogP contribution in [0.25, 0.3) is 0 Å². The topological polar surface area (TPSA) is 38.1 Å². The van der Waals surface area contributed by atoms with Crippen molar-refractivity contribution in [1.82, 2.24) is 9.78 Å². The molecule has 3 rings (SSSR count). The number of aromatic nitrogens is 2. The van der Waals surface area contributed by atoms with Gasteiger partial charge in [-0.2, -0.15) is 5.10 Å². The predicted octanol–water partition coefficient (Wildman–Crippen LogP) is 1.95. The largest absolute Gasteiger partial charge is 0.288 e. The van der Waals surface area contributed by atoms with E-state index in [2.05, 4.69) is 16.9 Å². The van der Waals surface area contributed by atoms with Crippen molar-refractivity contribution in [3.05, 3.63) is 47.2 Å². The van der Waals surface area contributed by atoms with Crippen LogP contribution in [0.3, 0.4) is 0 Å². The van der Waals surface area contributed by atoms with Gasteiger partial charge in [0.2, 0.25) is 0 Å². The summed E-state index contributed by atoms with van der Waals surface area (Å²) < 4.78 is 1.70. The third kappa shape index (κ3) is 1.80. The van der Waals surface area contributed by atoms with Crippen LogP contribution in [-0.4, -0.2) is 15.7 Å². The SMILES string of the molecule is CC#Cc1ccc2c(c1)C(=O)N(c1ccnn1C)C2. The Morgan fingerprint density at radius 2 is 2.16 bits per heavy atom. The molecule has 0 N–H and O–H groups in total. The van der Waals surface area contributed by atoms with Gasteiger partial charge >= 0.3 is 0 Å². The van der Waals surface area contributed by atoms with E-state index >= 15 is 0 Å². The predicted molar refractivity (Wildman–Crippen MR) is 72.7 cm³/mol. The second-order valence-corrected chi connectivity index (χ2v) is 4.45. The van der Waals surface area contributed by atoms with Crippen LogP contribution in [0.4, 0.5) is 5.82 Å². The summed E-state index contributed by atoms with van der Waals surface area (Å²) in [5.74, 6) is 6.65. The summed E-state index contributed by atoms with van der Waals surface area (Å²) in [4.78, 5) is 14.2. The van der Waals surface area contributed by atoms with Crippen molar-refractivity contribution in [2.24, 2.45) is 7.05 Å². The Bertz CT molecular complexity index is 718. The van der Waals surface area contributed by atoms with Crippen molar-refractivity contribution >= 4 is 11.7 Å². The normalized spacial score (nSPS) is 13.2. The summed E-state index contributed by atoms with van der Waals surface area (Å²) in [6, 6.07) is 7.64. The van der Waals surface area contributed by atoms with Gasteiger partial charge in [0.15, 0.2) is 0 Å². The minimum Gasteiger partial charge on any atom is -0.288 e. The van der Waals surface area contributed by atoms with Gasteiger partial charge in [0, 0.05) is 24.2 Å². The minimum atomic E-state index is 0.0124. The van der Waals surface area contributed by atoms with Gasteiger partial charge < -0.3 is 0 Å². The summed E-state index contributed by atoms with van der Waals surface area (Å²) in [7, 11) is 1.83. The van der Waals surface area contributed by atoms with E-state index in [0.717, 1.165) is 22.5 Å². The number of anilines is 1. The molecular formula is C15H13N3O. The summed E-state index contributed by atoms with van der Waals surface area (Å²) in [6.07, 6.45) is 1.69. The Balaban J connectivity index is 2.02. The molecule has 4 nitrogen and oxygen atoms in total. The zero-order valence-corrected chi connectivity index (χ0v) is 10.8. The first kappa shape index (κ1) is 11.5. The Hall–Kier alpha value is -2.54. The van der Waals surface area contributed by atoms with E-state index in [1.807, 2.05) is 31.3 Å². The Kier molecular flexibility index (Phi) is 2.60. The highest BCUT2D eigenvalue weighted by Crippen LogP contribution is 2.28. The highest BCUT2D eigenvalue weighted by atomic mass is 16.2. The average molecular weight is 251 g/mol. The van der Waals surface area contributed by atoms with Crippen LogP contribution >= 0.6 is 0 Å². The first-order valence-electron chi connectivity index (χ1n) is 6.06. The maximum absolute atomic E-state index is 12.4. The molecule has 2 heterocycles. The lowest BCUT2D eigenvalue weighted by Gasteiger charge is -2.14. The summed E-state index contributed by atoms with van der Waals surface area (Å²) in [6.45, 7) is 2.38. The third-order valence-electron chi connectivity index (χ3n) is 3.25. The van der Waals surface area contributed by atoms with Crippen LogP contribution in [0.5, 0.6) is 0 Å². The standard InChI is InChI=1S/C15H13N3O/c1-3-4-11-5-6-12-10-18(15(19)13(12)9-11)14-7-8-16-17(14)2/h5-9H,10H2,1-2H3. The molecule has 0 atom stereocenters. The van der Waals surface area contributed by atoms with E-state index in [0.29, 0.717) is 6.54 Å². The highest BCUT2D eigenvalue weighted by molar-refractivity contribution is 6.09. The average Bonchev–Trinajstić information content (AvgIpc) is 2.95. The van der Waals surface area contributed by atoms with Crippen LogP contribution in [0.1, 0.15) is 28.4 Å². The molecular weight excluding hydrogens is 238 g/mol. The van der Waals surface area contributed by atoms with Gasteiger partial charge in [-0.25, -0.2) is 0 Å². The molecule has 1 aromatic heterocycles. The van der Waals surface area contributed by atoms with E-state index in [4.69, 9.17) is 0 Å². The first-order chi connectivity index (χ1) is 9.20. The van der Waals surface area contributed by atoms with Gasteiger partial charge in [-0.15, -0.1) is 5.92 Å². The van der Waals surface area contributed by atoms with Crippen molar-refractivity contribution in [2.75, 3.05) is 4.90 Å². The van der Waals surface area contributed by atoms with Crippen LogP contribution in [-0.2, 0) is 13.6 Å². The van der Waals surface area contributed by atoms with Crippen molar-refractivity contribution < 1.29 is 4.79 Å². The van der Waals surface area contributed by atoms with Gasteiger partial charge in [0.1, 0.15) is 5.82 Å². The molecule has 2 aromatic rings. The van der Waals surface area contributed by atoms with Crippen LogP contribution in [0.2, 0.25) is 0 Å². The summed E-state index contributed by atoms with van der Waals surface area (Å²) >= 11 is 0. The second kappa shape index (κ2) is 4.29. The smallest absolute Gasteiger partial charge is 0.260 e. The first-order valence-corrected chi connectivity index (χ1v) is 6.06. The fraction of sp³-hybridized carbons (Fsp3) is 0.200. The number of hydrogen-bond donors (Lipinski definition) is 0. The molecule has 0 radical (unpaired) electrons. The number of hydrogen-bond acceptors (Lipinski definition) is 2. The number of carbonyl (C=O) groups is 1. The zero-order valence-electron chi connectivity index (χ0n) is 10.8. The van der Waals surface area contributed by atoms with Gasteiger partial charge in [-0.3, -0.25) is 14.4 Å². The number of nitrogens with zero attached hydrogens (tertiary/aromatic N) is 3. The lowest BCUT2D eigenvalue weighted by molar-refractivity contribution is 0.0995. The van der Waals surface area contributed by atoms with Gasteiger partial charge in [0.05, 0.1) is 12.7 Å². The molecule has 0 saturated heterocycles. The van der Waals surface area contributed by atoms with Gasteiger partial charge in [0.25, 0.3) is 5.91 Å². The fourth-order valence-electron chi connectivity index (χ4n) is 2.34. The third-order valence-corrected chi connectivity index (χ3v) is 3.25. The lowest BCUT2D eigenvalue weighted by atomic mass is 10.1. The molecule has 0 fully saturated rings. The molecule has 0 spiro atoms. The Morgan fingerprint density at radius 3 is 2.84 bits per heavy atom. The Morgan fingerprint density at radius 1 is 1.32 bits per heavy atom. The minimum absolute atomic E-state index is 0.0124. The molecule has 19 heavy (non-hydrogen) atoms. The fourth-order valence-corrected chi connectivity index (χ4v) is 2.34. The number of amides is 1. The maximum atomic E-state index is 12.4. The summed E-state index contributed by atoms with van der Waals surface area (Å²) in [5.41, 5.74) is 2.65. The molecule has 0 bridgehead atoms. The summed E-state index contributed by atoms with van der Waals surface area (Å²) in [5, 5.41) is 4.11. The molecule has 4 heteroatoms. The van der Waals surface area contributed by atoms with E-state index in [9.17, 15) is 4.79 Å². The van der Waals surface area contributed by atoms with Crippen molar-refractivity contribution in [1.29, 1.82) is 0 Å². The van der Waals surface area contributed by atoms with Crippen molar-refractivity contribution in [3.63, 3.8) is 0 Å². The quantitative estimate of drug-likeness (QED) is 0.727. The van der Waals surface area contributed by atoms with E-state index in [1.165, 1.54) is 0 Å². The molecule has 1 amide bonds. The van der Waals surface area contributed by atoms with E-state index in [1.54, 1.807) is 22.7 Å². The number of fused-ring (bicyclic) bond motifs is 1. The second-order valence-electron chi connectivity index (χ2n) is 4.45. The molecule has 94 valence electrons. The van der Waals surface area contributed by atoms with E-state index < -0.39 is 0 Å². The number of rotatable bonds is 1. The van der Waals surface area contributed by atoms with Crippen LogP contribution < -0.4 is 4.90 Å². The van der Waals surface area contributed by atoms with Crippen LogP contribution in [0.15, 0.2) is 30.5 Å². The van der Waals surface area contributed by atoms with Gasteiger partial charge in [-0.1, -0.05) is 12.0 Å². The van der Waals surface area contributed by atoms with Gasteiger partial charge in [-0.05, 0) is 24.6 Å². The Labute approximate surface area is 111 Å².